The molecule has 0 bridgehead atoms. The number of hydrogen-bond acceptors (Lipinski definition) is 3. The number of rotatable bonds is 4. The van der Waals surface area contributed by atoms with E-state index < -0.39 is 5.91 Å². The van der Waals surface area contributed by atoms with Crippen LogP contribution in [0.15, 0.2) is 42.7 Å². The number of pyridine rings is 1. The summed E-state index contributed by atoms with van der Waals surface area (Å²) in [6.07, 6.45) is 3.61. The van der Waals surface area contributed by atoms with Gasteiger partial charge in [0.25, 0.3) is 0 Å². The smallest absolute Gasteiger partial charge is 0.250 e. The van der Waals surface area contributed by atoms with Crippen LogP contribution in [-0.2, 0) is 6.54 Å². The molecule has 22 heavy (non-hydrogen) atoms. The minimum absolute atomic E-state index is 0.233. The average Bonchev–Trinajstić information content (AvgIpc) is 2.95. The number of nitrogens with one attached hydrogen (secondary N) is 1. The van der Waals surface area contributed by atoms with Gasteiger partial charge in [-0.2, -0.15) is 5.10 Å². The molecule has 2 aromatic heterocycles. The van der Waals surface area contributed by atoms with Crippen molar-refractivity contribution in [2.45, 2.75) is 6.54 Å². The van der Waals surface area contributed by atoms with Gasteiger partial charge in [-0.1, -0.05) is 29.3 Å². The first-order chi connectivity index (χ1) is 10.6. The number of nitrogens with zero attached hydrogens (tertiary/aromatic N) is 2. The molecule has 0 aliphatic rings. The van der Waals surface area contributed by atoms with Crippen molar-refractivity contribution in [3.05, 3.63) is 63.9 Å². The standard InChI is InChI=1S/C15H12Cl2N4O/c16-11-7-12(17)13(6-10(11)15(18)22)19-8-9-2-1-5-21-14(9)3-4-20-21/h1-7,19H,8H2,(H2,18,22). The van der Waals surface area contributed by atoms with Gasteiger partial charge in [0, 0.05) is 18.9 Å². The normalized spacial score (nSPS) is 10.8. The molecule has 0 unspecified atom stereocenters. The Morgan fingerprint density at radius 2 is 2.09 bits per heavy atom. The van der Waals surface area contributed by atoms with E-state index in [0.717, 1.165) is 11.1 Å². The van der Waals surface area contributed by atoms with Crippen molar-refractivity contribution >= 4 is 40.3 Å². The Kier molecular flexibility index (Phi) is 3.92. The summed E-state index contributed by atoms with van der Waals surface area (Å²) in [5, 5.41) is 8.04. The monoisotopic (exact) mass is 334 g/mol. The molecular weight excluding hydrogens is 323 g/mol. The lowest BCUT2D eigenvalue weighted by atomic mass is 10.1. The Morgan fingerprint density at radius 1 is 1.27 bits per heavy atom. The number of carbonyl (C=O) groups is 1. The number of fused-ring (bicyclic) bond motifs is 1. The summed E-state index contributed by atoms with van der Waals surface area (Å²) in [6.45, 7) is 0.523. The molecule has 3 aromatic rings. The van der Waals surface area contributed by atoms with Crippen molar-refractivity contribution in [1.82, 2.24) is 9.61 Å². The lowest BCUT2D eigenvalue weighted by Gasteiger charge is -2.11. The van der Waals surface area contributed by atoms with Gasteiger partial charge in [-0.3, -0.25) is 4.79 Å². The maximum atomic E-state index is 11.4. The molecule has 2 heterocycles. The fraction of sp³-hybridized carbons (Fsp3) is 0.0667. The highest BCUT2D eigenvalue weighted by Gasteiger charge is 2.12. The minimum atomic E-state index is -0.595. The Bertz CT molecular complexity index is 860. The van der Waals surface area contributed by atoms with Crippen molar-refractivity contribution in [3.8, 4) is 0 Å². The number of benzene rings is 1. The number of carbonyl (C=O) groups excluding carboxylic acids is 1. The van der Waals surface area contributed by atoms with Crippen molar-refractivity contribution in [3.63, 3.8) is 0 Å². The van der Waals surface area contributed by atoms with Crippen molar-refractivity contribution < 1.29 is 4.79 Å². The van der Waals surface area contributed by atoms with E-state index in [1.54, 1.807) is 16.8 Å². The molecule has 1 aromatic carbocycles. The van der Waals surface area contributed by atoms with Crippen LogP contribution in [-0.4, -0.2) is 15.5 Å². The molecule has 112 valence electrons. The summed E-state index contributed by atoms with van der Waals surface area (Å²) in [6, 6.07) is 8.89. The maximum Gasteiger partial charge on any atom is 0.250 e. The number of anilines is 1. The minimum Gasteiger partial charge on any atom is -0.380 e. The van der Waals surface area contributed by atoms with Gasteiger partial charge in [0.05, 0.1) is 26.8 Å². The van der Waals surface area contributed by atoms with Gasteiger partial charge in [0.2, 0.25) is 5.91 Å². The fourth-order valence-corrected chi connectivity index (χ4v) is 2.77. The van der Waals surface area contributed by atoms with Crippen LogP contribution in [0, 0.1) is 0 Å². The van der Waals surface area contributed by atoms with Gasteiger partial charge in [0.1, 0.15) is 0 Å². The Labute approximate surface area is 136 Å². The second-order valence-corrected chi connectivity index (χ2v) is 5.54. The zero-order valence-corrected chi connectivity index (χ0v) is 12.9. The summed E-state index contributed by atoms with van der Waals surface area (Å²) >= 11 is 12.1. The topological polar surface area (TPSA) is 72.4 Å². The highest BCUT2D eigenvalue weighted by Crippen LogP contribution is 2.29. The molecule has 0 aliphatic carbocycles. The van der Waals surface area contributed by atoms with E-state index in [0.29, 0.717) is 17.3 Å². The lowest BCUT2D eigenvalue weighted by Crippen LogP contribution is -2.12. The van der Waals surface area contributed by atoms with Gasteiger partial charge in [-0.05, 0) is 29.8 Å². The largest absolute Gasteiger partial charge is 0.380 e. The molecule has 1 amide bonds. The molecule has 0 saturated heterocycles. The zero-order valence-electron chi connectivity index (χ0n) is 11.4. The third-order valence-corrected chi connectivity index (χ3v) is 3.94. The molecule has 0 radical (unpaired) electrons. The molecular formula is C15H12Cl2N4O. The number of primary amides is 1. The first kappa shape index (κ1) is 14.7. The highest BCUT2D eigenvalue weighted by molar-refractivity contribution is 6.38. The van der Waals surface area contributed by atoms with E-state index >= 15 is 0 Å². The van der Waals surface area contributed by atoms with Crippen LogP contribution in [0.2, 0.25) is 10.0 Å². The Balaban J connectivity index is 1.89. The van der Waals surface area contributed by atoms with Crippen LogP contribution in [0.25, 0.3) is 5.52 Å². The first-order valence-corrected chi connectivity index (χ1v) is 7.26. The van der Waals surface area contributed by atoms with Gasteiger partial charge < -0.3 is 11.1 Å². The van der Waals surface area contributed by atoms with E-state index in [4.69, 9.17) is 28.9 Å². The molecule has 0 aliphatic heterocycles. The third kappa shape index (κ3) is 2.73. The molecule has 0 spiro atoms. The fourth-order valence-electron chi connectivity index (χ4n) is 2.23. The van der Waals surface area contributed by atoms with Crippen LogP contribution in [0.1, 0.15) is 15.9 Å². The zero-order chi connectivity index (χ0) is 15.7. The van der Waals surface area contributed by atoms with Crippen LogP contribution in [0.5, 0.6) is 0 Å². The molecule has 3 N–H and O–H groups in total. The van der Waals surface area contributed by atoms with Crippen molar-refractivity contribution in [2.75, 3.05) is 5.32 Å². The van der Waals surface area contributed by atoms with E-state index in [2.05, 4.69) is 10.4 Å². The maximum absolute atomic E-state index is 11.4. The molecule has 7 heteroatoms. The van der Waals surface area contributed by atoms with Crippen molar-refractivity contribution in [2.24, 2.45) is 5.73 Å². The second-order valence-electron chi connectivity index (χ2n) is 4.72. The summed E-state index contributed by atoms with van der Waals surface area (Å²) in [7, 11) is 0. The van der Waals surface area contributed by atoms with E-state index in [-0.39, 0.29) is 10.6 Å². The number of amides is 1. The summed E-state index contributed by atoms with van der Waals surface area (Å²) in [5.41, 5.74) is 8.17. The summed E-state index contributed by atoms with van der Waals surface area (Å²) in [4.78, 5) is 11.4. The number of aromatic nitrogens is 2. The molecule has 5 nitrogen and oxygen atoms in total. The Morgan fingerprint density at radius 3 is 2.86 bits per heavy atom. The van der Waals surface area contributed by atoms with E-state index in [1.807, 2.05) is 24.4 Å². The third-order valence-electron chi connectivity index (χ3n) is 3.32. The summed E-state index contributed by atoms with van der Waals surface area (Å²) < 4.78 is 1.79. The quantitative estimate of drug-likeness (QED) is 0.768. The molecule has 3 rings (SSSR count). The van der Waals surface area contributed by atoms with Crippen LogP contribution < -0.4 is 11.1 Å². The SMILES string of the molecule is NC(=O)c1cc(NCc2cccn3nccc23)c(Cl)cc1Cl. The predicted octanol–water partition coefficient (Wildman–Crippen LogP) is 3.35. The van der Waals surface area contributed by atoms with Crippen molar-refractivity contribution in [1.29, 1.82) is 0 Å². The summed E-state index contributed by atoms with van der Waals surface area (Å²) in [5.74, 6) is -0.595. The predicted molar refractivity (Wildman–Crippen MR) is 87.5 cm³/mol. The lowest BCUT2D eigenvalue weighted by molar-refractivity contribution is 0.100. The molecule has 0 fully saturated rings. The van der Waals surface area contributed by atoms with E-state index in [1.165, 1.54) is 6.07 Å². The van der Waals surface area contributed by atoms with Gasteiger partial charge >= 0.3 is 0 Å². The number of nitrogens with two attached hydrogens (primary N) is 1. The molecule has 0 atom stereocenters. The van der Waals surface area contributed by atoms with Gasteiger partial charge in [-0.15, -0.1) is 0 Å². The average molecular weight is 335 g/mol. The molecule has 0 saturated carbocycles. The first-order valence-electron chi connectivity index (χ1n) is 6.50. The van der Waals surface area contributed by atoms with E-state index in [9.17, 15) is 4.79 Å². The van der Waals surface area contributed by atoms with Crippen LogP contribution in [0.3, 0.4) is 0 Å². The number of hydrogen-bond donors (Lipinski definition) is 2. The van der Waals surface area contributed by atoms with Gasteiger partial charge in [0.15, 0.2) is 0 Å². The Hall–Kier alpha value is -2.24. The van der Waals surface area contributed by atoms with Crippen LogP contribution in [0.4, 0.5) is 5.69 Å². The second kappa shape index (κ2) is 5.87. The van der Waals surface area contributed by atoms with Crippen LogP contribution >= 0.6 is 23.2 Å². The van der Waals surface area contributed by atoms with Gasteiger partial charge in [-0.25, -0.2) is 4.52 Å². The number of halogens is 2. The highest BCUT2D eigenvalue weighted by atomic mass is 35.5.